The SMILES string of the molecule is CCCc1cccc[n+]1CCCCCCCCCCCCO.[Br-]. The zero-order valence-corrected chi connectivity index (χ0v) is 16.6. The molecule has 0 saturated heterocycles. The number of unbranched alkanes of at least 4 members (excludes halogenated alkanes) is 9. The van der Waals surface area contributed by atoms with Crippen molar-refractivity contribution in [2.45, 2.75) is 90.5 Å². The maximum atomic E-state index is 8.72. The minimum atomic E-state index is 0. The van der Waals surface area contributed by atoms with Crippen LogP contribution in [0.2, 0.25) is 0 Å². The molecule has 1 rings (SSSR count). The summed E-state index contributed by atoms with van der Waals surface area (Å²) >= 11 is 0. The van der Waals surface area contributed by atoms with Gasteiger partial charge in [-0.3, -0.25) is 0 Å². The van der Waals surface area contributed by atoms with Crippen molar-refractivity contribution in [3.63, 3.8) is 0 Å². The van der Waals surface area contributed by atoms with Gasteiger partial charge in [-0.1, -0.05) is 57.9 Å². The van der Waals surface area contributed by atoms with Crippen LogP contribution in [0.15, 0.2) is 24.4 Å². The van der Waals surface area contributed by atoms with Gasteiger partial charge in [0.25, 0.3) is 0 Å². The summed E-state index contributed by atoms with van der Waals surface area (Å²) in [5, 5.41) is 8.72. The smallest absolute Gasteiger partial charge is 0.181 e. The highest BCUT2D eigenvalue weighted by Crippen LogP contribution is 2.10. The molecule has 0 aromatic carbocycles. The van der Waals surface area contributed by atoms with Gasteiger partial charge in [-0.15, -0.1) is 0 Å². The van der Waals surface area contributed by atoms with Crippen molar-refractivity contribution < 1.29 is 26.7 Å². The van der Waals surface area contributed by atoms with Gasteiger partial charge in [0.05, 0.1) is 0 Å². The molecule has 3 heteroatoms. The first-order valence-corrected chi connectivity index (χ1v) is 9.46. The summed E-state index contributed by atoms with van der Waals surface area (Å²) in [5.74, 6) is 0. The number of hydrogen-bond acceptors (Lipinski definition) is 1. The summed E-state index contributed by atoms with van der Waals surface area (Å²) in [6, 6.07) is 6.57. The molecule has 0 spiro atoms. The van der Waals surface area contributed by atoms with Gasteiger partial charge >= 0.3 is 0 Å². The molecule has 0 amide bonds. The Labute approximate surface area is 154 Å². The van der Waals surface area contributed by atoms with Crippen molar-refractivity contribution >= 4 is 0 Å². The fraction of sp³-hybridized carbons (Fsp3) is 0.750. The van der Waals surface area contributed by atoms with E-state index >= 15 is 0 Å². The van der Waals surface area contributed by atoms with E-state index in [0.717, 1.165) is 6.42 Å². The van der Waals surface area contributed by atoms with Crippen LogP contribution in [0.25, 0.3) is 0 Å². The lowest BCUT2D eigenvalue weighted by Gasteiger charge is -2.04. The molecule has 2 nitrogen and oxygen atoms in total. The highest BCUT2D eigenvalue weighted by molar-refractivity contribution is 4.97. The third kappa shape index (κ3) is 11.7. The van der Waals surface area contributed by atoms with E-state index in [1.807, 2.05) is 0 Å². The zero-order valence-electron chi connectivity index (χ0n) is 15.0. The molecule has 134 valence electrons. The maximum Gasteiger partial charge on any atom is 0.181 e. The molecule has 0 aliphatic rings. The second kappa shape index (κ2) is 16.4. The molecule has 1 heterocycles. The molecule has 0 saturated carbocycles. The van der Waals surface area contributed by atoms with E-state index in [4.69, 9.17) is 5.11 Å². The van der Waals surface area contributed by atoms with Crippen LogP contribution in [0, 0.1) is 0 Å². The Morgan fingerprint density at radius 1 is 0.826 bits per heavy atom. The number of halogens is 1. The first kappa shape index (κ1) is 22.6. The third-order valence-electron chi connectivity index (χ3n) is 4.35. The topological polar surface area (TPSA) is 24.1 Å². The van der Waals surface area contributed by atoms with Crippen molar-refractivity contribution in [3.8, 4) is 0 Å². The monoisotopic (exact) mass is 385 g/mol. The maximum absolute atomic E-state index is 8.72. The van der Waals surface area contributed by atoms with Crippen molar-refractivity contribution in [1.29, 1.82) is 0 Å². The van der Waals surface area contributed by atoms with Gasteiger partial charge in [0, 0.05) is 31.6 Å². The fourth-order valence-electron chi connectivity index (χ4n) is 3.02. The Morgan fingerprint density at radius 3 is 1.96 bits per heavy atom. The van der Waals surface area contributed by atoms with Crippen molar-refractivity contribution in [3.05, 3.63) is 30.1 Å². The second-order valence-electron chi connectivity index (χ2n) is 6.39. The van der Waals surface area contributed by atoms with E-state index in [-0.39, 0.29) is 17.0 Å². The fourth-order valence-corrected chi connectivity index (χ4v) is 3.02. The lowest BCUT2D eigenvalue weighted by molar-refractivity contribution is -0.704. The summed E-state index contributed by atoms with van der Waals surface area (Å²) in [4.78, 5) is 0. The Morgan fingerprint density at radius 2 is 1.39 bits per heavy atom. The first-order chi connectivity index (χ1) is 10.9. The van der Waals surface area contributed by atoms with Crippen LogP contribution in [-0.4, -0.2) is 11.7 Å². The number of rotatable bonds is 14. The van der Waals surface area contributed by atoms with Crippen LogP contribution in [0.4, 0.5) is 0 Å². The summed E-state index contributed by atoms with van der Waals surface area (Å²) in [6.07, 6.45) is 17.7. The average Bonchev–Trinajstić information content (AvgIpc) is 2.54. The molecular formula is C20H36BrNO. The predicted octanol–water partition coefficient (Wildman–Crippen LogP) is 1.82. The molecule has 1 N–H and O–H groups in total. The van der Waals surface area contributed by atoms with Gasteiger partial charge in [-0.25, -0.2) is 4.57 Å². The summed E-state index contributed by atoms with van der Waals surface area (Å²) in [7, 11) is 0. The summed E-state index contributed by atoms with van der Waals surface area (Å²) in [5.41, 5.74) is 1.48. The van der Waals surface area contributed by atoms with Gasteiger partial charge in [0.15, 0.2) is 11.9 Å². The lowest BCUT2D eigenvalue weighted by atomic mass is 10.1. The number of aromatic nitrogens is 1. The van der Waals surface area contributed by atoms with Gasteiger partial charge in [0.2, 0.25) is 0 Å². The molecule has 0 fully saturated rings. The van der Waals surface area contributed by atoms with Crippen LogP contribution in [0.3, 0.4) is 0 Å². The van der Waals surface area contributed by atoms with Crippen LogP contribution < -0.4 is 21.5 Å². The average molecular weight is 386 g/mol. The molecule has 1 aromatic rings. The van der Waals surface area contributed by atoms with Gasteiger partial charge < -0.3 is 22.1 Å². The van der Waals surface area contributed by atoms with Gasteiger partial charge in [-0.05, 0) is 19.3 Å². The molecule has 0 aliphatic heterocycles. The van der Waals surface area contributed by atoms with E-state index in [1.54, 1.807) is 0 Å². The van der Waals surface area contributed by atoms with E-state index in [2.05, 4.69) is 35.9 Å². The number of aryl methyl sites for hydroxylation is 2. The predicted molar refractivity (Wildman–Crippen MR) is 93.9 cm³/mol. The molecule has 0 aliphatic carbocycles. The van der Waals surface area contributed by atoms with E-state index in [9.17, 15) is 0 Å². The minimum absolute atomic E-state index is 0. The van der Waals surface area contributed by atoms with Gasteiger partial charge in [0.1, 0.15) is 6.54 Å². The summed E-state index contributed by atoms with van der Waals surface area (Å²) < 4.78 is 2.44. The Hall–Kier alpha value is -0.410. The van der Waals surface area contributed by atoms with E-state index < -0.39 is 0 Å². The van der Waals surface area contributed by atoms with Gasteiger partial charge in [-0.2, -0.15) is 0 Å². The van der Waals surface area contributed by atoms with Crippen molar-refractivity contribution in [2.24, 2.45) is 0 Å². The van der Waals surface area contributed by atoms with Crippen LogP contribution in [0.1, 0.15) is 83.2 Å². The molecular weight excluding hydrogens is 350 g/mol. The van der Waals surface area contributed by atoms with Crippen LogP contribution in [0.5, 0.6) is 0 Å². The standard InChI is InChI=1S/C20H36NO.BrH/c1-2-15-20-16-11-13-18-21(20)17-12-9-7-5-3-4-6-8-10-14-19-22;/h11,13,16,18,22H,2-10,12,14-15,17,19H2,1H3;1H/q+1;/p-1. The Bertz CT molecular complexity index is 370. The summed E-state index contributed by atoms with van der Waals surface area (Å²) in [6.45, 7) is 3.79. The number of aliphatic hydroxyl groups is 1. The third-order valence-corrected chi connectivity index (χ3v) is 4.35. The van der Waals surface area contributed by atoms with E-state index in [1.165, 1.54) is 82.9 Å². The highest BCUT2D eigenvalue weighted by Gasteiger charge is 2.07. The largest absolute Gasteiger partial charge is 1.00 e. The van der Waals surface area contributed by atoms with Crippen molar-refractivity contribution in [2.75, 3.05) is 6.61 Å². The normalized spacial score (nSPS) is 10.5. The van der Waals surface area contributed by atoms with E-state index in [0.29, 0.717) is 6.61 Å². The number of nitrogens with zero attached hydrogens (tertiary/aromatic N) is 1. The minimum Gasteiger partial charge on any atom is -1.00 e. The second-order valence-corrected chi connectivity index (χ2v) is 6.39. The zero-order chi connectivity index (χ0) is 15.9. The molecule has 1 aromatic heterocycles. The van der Waals surface area contributed by atoms with Crippen LogP contribution >= 0.6 is 0 Å². The molecule has 0 bridgehead atoms. The first-order valence-electron chi connectivity index (χ1n) is 9.46. The Balaban J connectivity index is 0.00000484. The number of hydrogen-bond donors (Lipinski definition) is 1. The number of pyridine rings is 1. The lowest BCUT2D eigenvalue weighted by Crippen LogP contribution is -3.00. The van der Waals surface area contributed by atoms with Crippen LogP contribution in [-0.2, 0) is 13.0 Å². The Kier molecular flexibility index (Phi) is 16.2. The molecule has 0 radical (unpaired) electrons. The highest BCUT2D eigenvalue weighted by atomic mass is 79.9. The molecule has 23 heavy (non-hydrogen) atoms. The quantitative estimate of drug-likeness (QED) is 0.383. The molecule has 0 atom stereocenters. The van der Waals surface area contributed by atoms with Crippen molar-refractivity contribution in [1.82, 2.24) is 0 Å². The number of aliphatic hydroxyl groups excluding tert-OH is 1. The molecule has 0 unspecified atom stereocenters.